The summed E-state index contributed by atoms with van der Waals surface area (Å²) in [7, 11) is 0. The van der Waals surface area contributed by atoms with Crippen molar-refractivity contribution in [2.45, 2.75) is 30.4 Å². The first-order valence-corrected chi connectivity index (χ1v) is 8.68. The largest absolute Gasteiger partial charge is 0.477 e. The Labute approximate surface area is 134 Å². The van der Waals surface area contributed by atoms with Gasteiger partial charge in [0.15, 0.2) is 0 Å². The molecule has 0 bridgehead atoms. The molecule has 0 radical (unpaired) electrons. The van der Waals surface area contributed by atoms with Gasteiger partial charge < -0.3 is 5.11 Å². The highest BCUT2D eigenvalue weighted by Gasteiger charge is 2.19. The molecule has 0 atom stereocenters. The van der Waals surface area contributed by atoms with E-state index >= 15 is 0 Å². The minimum atomic E-state index is -0.886. The van der Waals surface area contributed by atoms with Crippen LogP contribution in [0.4, 0.5) is 0 Å². The Balaban J connectivity index is 2.16. The number of carbonyl (C=O) groups is 1. The van der Waals surface area contributed by atoms with Crippen molar-refractivity contribution in [1.29, 1.82) is 0 Å². The first-order chi connectivity index (χ1) is 9.49. The second-order valence-corrected chi connectivity index (χ2v) is 7.46. The van der Waals surface area contributed by atoms with Crippen LogP contribution >= 0.6 is 39.0 Å². The highest BCUT2D eigenvalue weighted by atomic mass is 79.9. The van der Waals surface area contributed by atoms with E-state index in [2.05, 4.69) is 20.9 Å². The summed E-state index contributed by atoms with van der Waals surface area (Å²) in [6, 6.07) is 7.98. The molecule has 1 N–H and O–H groups in total. The lowest BCUT2D eigenvalue weighted by molar-refractivity contribution is 0.0700. The van der Waals surface area contributed by atoms with Crippen LogP contribution in [0.1, 0.15) is 40.1 Å². The zero-order valence-electron chi connectivity index (χ0n) is 11.1. The molecular weight excluding hydrogens is 358 g/mol. The van der Waals surface area contributed by atoms with Crippen molar-refractivity contribution in [3.63, 3.8) is 0 Å². The van der Waals surface area contributed by atoms with Gasteiger partial charge in [-0.2, -0.15) is 0 Å². The number of thioether (sulfide) groups is 1. The Morgan fingerprint density at radius 2 is 2.15 bits per heavy atom. The van der Waals surface area contributed by atoms with Crippen molar-refractivity contribution in [3.05, 3.63) is 44.3 Å². The summed E-state index contributed by atoms with van der Waals surface area (Å²) in [5.74, 6) is -0.0804. The van der Waals surface area contributed by atoms with Crippen LogP contribution in [0.2, 0.25) is 0 Å². The summed E-state index contributed by atoms with van der Waals surface area (Å²) in [6.45, 7) is 3.93. The van der Waals surface area contributed by atoms with E-state index in [0.29, 0.717) is 16.3 Å². The summed E-state index contributed by atoms with van der Waals surface area (Å²) in [4.78, 5) is 17.2. The Bertz CT molecular complexity index is 625. The molecule has 0 fully saturated rings. The molecule has 106 valence electrons. The lowest BCUT2D eigenvalue weighted by Crippen LogP contribution is -2.00. The number of carboxylic acid groups (broad SMARTS) is 1. The third-order valence-electron chi connectivity index (χ3n) is 2.63. The Morgan fingerprint density at radius 3 is 2.70 bits per heavy atom. The van der Waals surface area contributed by atoms with Gasteiger partial charge in [0.05, 0.1) is 11.4 Å². The van der Waals surface area contributed by atoms with Gasteiger partial charge in [-0.15, -0.1) is 23.1 Å². The maximum Gasteiger partial charge on any atom is 0.347 e. The topological polar surface area (TPSA) is 50.2 Å². The van der Waals surface area contributed by atoms with E-state index < -0.39 is 5.97 Å². The third kappa shape index (κ3) is 3.62. The molecule has 0 aliphatic heterocycles. The highest BCUT2D eigenvalue weighted by molar-refractivity contribution is 9.10. The first-order valence-electron chi connectivity index (χ1n) is 6.09. The number of halogens is 1. The quantitative estimate of drug-likeness (QED) is 0.749. The number of hydrogen-bond acceptors (Lipinski definition) is 4. The van der Waals surface area contributed by atoms with Crippen LogP contribution in [0.3, 0.4) is 0 Å². The van der Waals surface area contributed by atoms with E-state index in [4.69, 9.17) is 0 Å². The second-order valence-electron chi connectivity index (χ2n) is 4.50. The van der Waals surface area contributed by atoms with Gasteiger partial charge in [0.1, 0.15) is 9.88 Å². The van der Waals surface area contributed by atoms with Crippen molar-refractivity contribution in [2.75, 3.05) is 0 Å². The fourth-order valence-electron chi connectivity index (χ4n) is 1.69. The maximum absolute atomic E-state index is 11.2. The number of benzene rings is 1. The molecule has 0 unspecified atom stereocenters. The average molecular weight is 372 g/mol. The number of thiazole rings is 1. The molecule has 2 aromatic rings. The molecule has 2 rings (SSSR count). The minimum Gasteiger partial charge on any atom is -0.477 e. The van der Waals surface area contributed by atoms with Gasteiger partial charge in [0.2, 0.25) is 0 Å². The fourth-order valence-corrected chi connectivity index (χ4v) is 4.30. The zero-order valence-corrected chi connectivity index (χ0v) is 14.3. The van der Waals surface area contributed by atoms with Crippen LogP contribution in [0, 0.1) is 0 Å². The zero-order chi connectivity index (χ0) is 14.7. The van der Waals surface area contributed by atoms with Gasteiger partial charge >= 0.3 is 5.97 Å². The average Bonchev–Trinajstić information content (AvgIpc) is 2.82. The van der Waals surface area contributed by atoms with Crippen LogP contribution in [-0.4, -0.2) is 16.1 Å². The van der Waals surface area contributed by atoms with E-state index in [1.54, 1.807) is 11.8 Å². The molecule has 1 aromatic heterocycles. The third-order valence-corrected chi connectivity index (χ3v) is 5.91. The van der Waals surface area contributed by atoms with Crippen LogP contribution in [0.5, 0.6) is 0 Å². The first kappa shape index (κ1) is 15.5. The summed E-state index contributed by atoms with van der Waals surface area (Å²) in [6.07, 6.45) is 0. The molecule has 0 saturated heterocycles. The van der Waals surface area contributed by atoms with Gasteiger partial charge in [-0.25, -0.2) is 9.78 Å². The molecule has 0 amide bonds. The normalized spacial score (nSPS) is 11.0. The van der Waals surface area contributed by atoms with Crippen LogP contribution < -0.4 is 0 Å². The lowest BCUT2D eigenvalue weighted by atomic mass is 10.1. The Kier molecular flexibility index (Phi) is 5.23. The Morgan fingerprint density at radius 1 is 1.45 bits per heavy atom. The smallest absolute Gasteiger partial charge is 0.347 e. The maximum atomic E-state index is 11.2. The van der Waals surface area contributed by atoms with Gasteiger partial charge in [0, 0.05) is 9.37 Å². The van der Waals surface area contributed by atoms with E-state index in [1.165, 1.54) is 11.3 Å². The van der Waals surface area contributed by atoms with Crippen LogP contribution in [0.15, 0.2) is 33.6 Å². The van der Waals surface area contributed by atoms with Gasteiger partial charge in [-0.1, -0.05) is 26.0 Å². The molecule has 20 heavy (non-hydrogen) atoms. The lowest BCUT2D eigenvalue weighted by Gasteiger charge is -2.02. The number of carboxylic acids is 1. The van der Waals surface area contributed by atoms with Crippen molar-refractivity contribution in [3.8, 4) is 0 Å². The number of aromatic carboxylic acids is 1. The molecule has 0 aliphatic rings. The van der Waals surface area contributed by atoms with E-state index in [1.807, 2.05) is 38.1 Å². The standard InChI is InChI=1S/C14H14BrNO2S2/c1-8(2)12-13(14(17)18)20-11(16-12)7-19-10-6-4-3-5-9(10)15/h3-6,8H,7H2,1-2H3,(H,17,18). The van der Waals surface area contributed by atoms with Gasteiger partial charge in [-0.3, -0.25) is 0 Å². The predicted molar refractivity (Wildman–Crippen MR) is 86.9 cm³/mol. The molecule has 3 nitrogen and oxygen atoms in total. The number of nitrogens with zero attached hydrogens (tertiary/aromatic N) is 1. The summed E-state index contributed by atoms with van der Waals surface area (Å²) in [5.41, 5.74) is 0.685. The number of hydrogen-bond donors (Lipinski definition) is 1. The van der Waals surface area contributed by atoms with Crippen molar-refractivity contribution < 1.29 is 9.90 Å². The molecule has 1 heterocycles. The monoisotopic (exact) mass is 371 g/mol. The number of rotatable bonds is 5. The molecule has 6 heteroatoms. The van der Waals surface area contributed by atoms with Crippen molar-refractivity contribution in [2.24, 2.45) is 0 Å². The minimum absolute atomic E-state index is 0.125. The fraction of sp³-hybridized carbons (Fsp3) is 0.286. The Hall–Kier alpha value is -0.850. The van der Waals surface area contributed by atoms with Gasteiger partial charge in [0.25, 0.3) is 0 Å². The molecule has 0 spiro atoms. The van der Waals surface area contributed by atoms with Crippen molar-refractivity contribution in [1.82, 2.24) is 4.98 Å². The molecule has 0 saturated carbocycles. The predicted octanol–water partition coefficient (Wildman–Crippen LogP) is 5.02. The summed E-state index contributed by atoms with van der Waals surface area (Å²) in [5, 5.41) is 10.1. The summed E-state index contributed by atoms with van der Waals surface area (Å²) >= 11 is 6.43. The molecule has 0 aliphatic carbocycles. The highest BCUT2D eigenvalue weighted by Crippen LogP contribution is 2.33. The SMILES string of the molecule is CC(C)c1nc(CSc2ccccc2Br)sc1C(=O)O. The van der Waals surface area contributed by atoms with Gasteiger partial charge in [-0.05, 0) is 34.0 Å². The molecular formula is C14H14BrNO2S2. The number of aromatic nitrogens is 1. The second kappa shape index (κ2) is 6.74. The van der Waals surface area contributed by atoms with Crippen LogP contribution in [-0.2, 0) is 5.75 Å². The van der Waals surface area contributed by atoms with E-state index in [-0.39, 0.29) is 5.92 Å². The van der Waals surface area contributed by atoms with E-state index in [0.717, 1.165) is 14.4 Å². The van der Waals surface area contributed by atoms with E-state index in [9.17, 15) is 9.90 Å². The van der Waals surface area contributed by atoms with Crippen LogP contribution in [0.25, 0.3) is 0 Å². The molecule has 1 aromatic carbocycles. The van der Waals surface area contributed by atoms with Crippen molar-refractivity contribution >= 4 is 45.0 Å². The summed E-state index contributed by atoms with van der Waals surface area (Å²) < 4.78 is 1.05.